The molecule has 4 nitrogen and oxygen atoms in total. The molecular weight excluding hydrogens is 238 g/mol. The van der Waals surface area contributed by atoms with Crippen LogP contribution in [0.1, 0.15) is 11.5 Å². The summed E-state index contributed by atoms with van der Waals surface area (Å²) < 4.78 is 5.50. The van der Waals surface area contributed by atoms with Crippen LogP contribution >= 0.6 is 11.6 Å². The fraction of sp³-hybridized carbons (Fsp3) is 0.0833. The zero-order valence-corrected chi connectivity index (χ0v) is 9.77. The summed E-state index contributed by atoms with van der Waals surface area (Å²) in [5.41, 5.74) is 0.518. The maximum absolute atomic E-state index is 8.77. The third-order valence-electron chi connectivity index (χ3n) is 2.04. The summed E-state index contributed by atoms with van der Waals surface area (Å²) in [6, 6.07) is 11.0. The zero-order chi connectivity index (χ0) is 12.3. The molecule has 0 fully saturated rings. The second-order valence-corrected chi connectivity index (χ2v) is 3.66. The minimum atomic E-state index is 0.0397. The SMILES string of the molecule is Cc1nc(C#N)nc(Oc2ccccc2)c1Cl. The van der Waals surface area contributed by atoms with Crippen LogP contribution in [0.3, 0.4) is 0 Å². The molecule has 1 aromatic carbocycles. The van der Waals surface area contributed by atoms with Crippen LogP contribution in [-0.2, 0) is 0 Å². The highest BCUT2D eigenvalue weighted by Crippen LogP contribution is 2.28. The first-order valence-electron chi connectivity index (χ1n) is 4.88. The number of ether oxygens (including phenoxy) is 1. The lowest BCUT2D eigenvalue weighted by atomic mass is 10.3. The molecule has 0 aliphatic rings. The van der Waals surface area contributed by atoms with E-state index < -0.39 is 0 Å². The van der Waals surface area contributed by atoms with E-state index in [-0.39, 0.29) is 11.7 Å². The Balaban J connectivity index is 2.39. The lowest BCUT2D eigenvalue weighted by molar-refractivity contribution is 0.460. The standard InChI is InChI=1S/C12H8ClN3O/c1-8-11(13)12(16-10(7-14)15-8)17-9-5-3-2-4-6-9/h2-6H,1H3. The van der Waals surface area contributed by atoms with E-state index in [1.54, 1.807) is 19.1 Å². The molecule has 2 aromatic rings. The Morgan fingerprint density at radius 1 is 1.24 bits per heavy atom. The fourth-order valence-corrected chi connectivity index (χ4v) is 1.37. The lowest BCUT2D eigenvalue weighted by Crippen LogP contribution is -1.97. The number of aromatic nitrogens is 2. The molecule has 1 aromatic heterocycles. The van der Waals surface area contributed by atoms with Crippen LogP contribution in [0.25, 0.3) is 0 Å². The normalized spacial score (nSPS) is 9.71. The number of nitriles is 1. The number of halogens is 1. The molecule has 0 unspecified atom stereocenters. The van der Waals surface area contributed by atoms with Crippen LogP contribution in [0, 0.1) is 18.3 Å². The molecule has 0 aliphatic carbocycles. The third-order valence-corrected chi connectivity index (χ3v) is 2.48. The average Bonchev–Trinajstić information content (AvgIpc) is 2.36. The van der Waals surface area contributed by atoms with Crippen molar-refractivity contribution in [3.63, 3.8) is 0 Å². The summed E-state index contributed by atoms with van der Waals surface area (Å²) in [6.45, 7) is 1.70. The van der Waals surface area contributed by atoms with E-state index in [4.69, 9.17) is 21.6 Å². The molecule has 17 heavy (non-hydrogen) atoms. The van der Waals surface area contributed by atoms with Crippen LogP contribution in [0.2, 0.25) is 5.02 Å². The molecule has 0 saturated heterocycles. The predicted molar refractivity (Wildman–Crippen MR) is 63.0 cm³/mol. The monoisotopic (exact) mass is 245 g/mol. The van der Waals surface area contributed by atoms with Gasteiger partial charge in [0.25, 0.3) is 0 Å². The maximum Gasteiger partial charge on any atom is 0.242 e. The largest absolute Gasteiger partial charge is 0.437 e. The van der Waals surface area contributed by atoms with Crippen LogP contribution in [-0.4, -0.2) is 9.97 Å². The van der Waals surface area contributed by atoms with Gasteiger partial charge in [-0.25, -0.2) is 4.98 Å². The quantitative estimate of drug-likeness (QED) is 0.816. The fourth-order valence-electron chi connectivity index (χ4n) is 1.25. The van der Waals surface area contributed by atoms with Crippen molar-refractivity contribution in [1.82, 2.24) is 9.97 Å². The van der Waals surface area contributed by atoms with Gasteiger partial charge in [0.05, 0.1) is 5.69 Å². The summed E-state index contributed by atoms with van der Waals surface area (Å²) in [6.07, 6.45) is 0. The topological polar surface area (TPSA) is 58.8 Å². The van der Waals surface area contributed by atoms with E-state index >= 15 is 0 Å². The van der Waals surface area contributed by atoms with E-state index in [2.05, 4.69) is 9.97 Å². The first-order chi connectivity index (χ1) is 8.20. The van der Waals surface area contributed by atoms with Crippen molar-refractivity contribution in [1.29, 1.82) is 5.26 Å². The zero-order valence-electron chi connectivity index (χ0n) is 9.01. The van der Waals surface area contributed by atoms with Gasteiger partial charge in [0.15, 0.2) is 0 Å². The Bertz CT molecular complexity index is 578. The molecule has 0 spiro atoms. The molecule has 0 atom stereocenters. The molecular formula is C12H8ClN3O. The van der Waals surface area contributed by atoms with Crippen LogP contribution in [0.15, 0.2) is 30.3 Å². The first kappa shape index (κ1) is 11.4. The number of nitrogens with zero attached hydrogens (tertiary/aromatic N) is 3. The number of hydrogen-bond acceptors (Lipinski definition) is 4. The summed E-state index contributed by atoms with van der Waals surface area (Å²) in [5, 5.41) is 9.08. The van der Waals surface area contributed by atoms with Crippen molar-refractivity contribution >= 4 is 11.6 Å². The molecule has 0 N–H and O–H groups in total. The highest BCUT2D eigenvalue weighted by molar-refractivity contribution is 6.32. The Morgan fingerprint density at radius 3 is 2.59 bits per heavy atom. The van der Waals surface area contributed by atoms with Gasteiger partial charge in [-0.05, 0) is 19.1 Å². The Kier molecular flexibility index (Phi) is 3.22. The number of para-hydroxylation sites is 1. The molecule has 0 saturated carbocycles. The summed E-state index contributed by atoms with van der Waals surface area (Å²) in [4.78, 5) is 7.83. The van der Waals surface area contributed by atoms with Gasteiger partial charge < -0.3 is 4.74 Å². The maximum atomic E-state index is 8.77. The lowest BCUT2D eigenvalue weighted by Gasteiger charge is -2.07. The van der Waals surface area contributed by atoms with Gasteiger partial charge in [0.1, 0.15) is 16.8 Å². The molecule has 84 valence electrons. The Labute approximate surface area is 103 Å². The molecule has 5 heteroatoms. The van der Waals surface area contributed by atoms with E-state index in [1.807, 2.05) is 24.3 Å². The number of rotatable bonds is 2. The number of hydrogen-bond donors (Lipinski definition) is 0. The molecule has 0 amide bonds. The second kappa shape index (κ2) is 4.81. The molecule has 0 bridgehead atoms. The first-order valence-corrected chi connectivity index (χ1v) is 5.25. The van der Waals surface area contributed by atoms with Gasteiger partial charge in [0.2, 0.25) is 11.7 Å². The van der Waals surface area contributed by atoms with Crippen molar-refractivity contribution in [3.8, 4) is 17.7 Å². The predicted octanol–water partition coefficient (Wildman–Crippen LogP) is 3.10. The van der Waals surface area contributed by atoms with Crippen LogP contribution in [0.4, 0.5) is 0 Å². The average molecular weight is 246 g/mol. The van der Waals surface area contributed by atoms with Crippen molar-refractivity contribution in [2.45, 2.75) is 6.92 Å². The highest BCUT2D eigenvalue weighted by Gasteiger charge is 2.11. The Morgan fingerprint density at radius 2 is 1.94 bits per heavy atom. The summed E-state index contributed by atoms with van der Waals surface area (Å²) in [5.74, 6) is 0.844. The smallest absolute Gasteiger partial charge is 0.242 e. The van der Waals surface area contributed by atoms with E-state index in [0.717, 1.165) is 0 Å². The molecule has 0 radical (unpaired) electrons. The number of aryl methyl sites for hydroxylation is 1. The molecule has 0 aliphatic heterocycles. The van der Waals surface area contributed by atoms with Gasteiger partial charge in [-0.3, -0.25) is 0 Å². The van der Waals surface area contributed by atoms with Crippen LogP contribution < -0.4 is 4.74 Å². The van der Waals surface area contributed by atoms with Gasteiger partial charge in [-0.2, -0.15) is 10.2 Å². The summed E-state index contributed by atoms with van der Waals surface area (Å²) >= 11 is 6.01. The minimum absolute atomic E-state index is 0.0397. The van der Waals surface area contributed by atoms with Crippen molar-refractivity contribution in [3.05, 3.63) is 46.9 Å². The van der Waals surface area contributed by atoms with Gasteiger partial charge >= 0.3 is 0 Å². The van der Waals surface area contributed by atoms with Crippen molar-refractivity contribution < 1.29 is 4.74 Å². The van der Waals surface area contributed by atoms with Crippen molar-refractivity contribution in [2.24, 2.45) is 0 Å². The number of benzene rings is 1. The van der Waals surface area contributed by atoms with Gasteiger partial charge in [-0.15, -0.1) is 0 Å². The minimum Gasteiger partial charge on any atom is -0.437 e. The van der Waals surface area contributed by atoms with Crippen molar-refractivity contribution in [2.75, 3.05) is 0 Å². The van der Waals surface area contributed by atoms with Crippen LogP contribution in [0.5, 0.6) is 11.6 Å². The van der Waals surface area contributed by atoms with Gasteiger partial charge in [0, 0.05) is 0 Å². The van der Waals surface area contributed by atoms with Gasteiger partial charge in [-0.1, -0.05) is 29.8 Å². The van der Waals surface area contributed by atoms with E-state index in [1.165, 1.54) is 0 Å². The molecule has 1 heterocycles. The van der Waals surface area contributed by atoms with E-state index in [0.29, 0.717) is 16.5 Å². The molecule has 2 rings (SSSR count). The van der Waals surface area contributed by atoms with E-state index in [9.17, 15) is 0 Å². The second-order valence-electron chi connectivity index (χ2n) is 3.28. The highest BCUT2D eigenvalue weighted by atomic mass is 35.5. The Hall–Kier alpha value is -2.12. The third kappa shape index (κ3) is 2.52. The summed E-state index contributed by atoms with van der Waals surface area (Å²) in [7, 11) is 0.